The van der Waals surface area contributed by atoms with Gasteiger partial charge in [-0.25, -0.2) is 4.98 Å². The molecule has 0 aliphatic heterocycles. The summed E-state index contributed by atoms with van der Waals surface area (Å²) < 4.78 is 34.3. The lowest BCUT2D eigenvalue weighted by atomic mass is 9.98. The van der Waals surface area contributed by atoms with Gasteiger partial charge in [-0.3, -0.25) is 0 Å². The summed E-state index contributed by atoms with van der Waals surface area (Å²) >= 11 is 0. The van der Waals surface area contributed by atoms with Crippen molar-refractivity contribution >= 4 is 0 Å². The molecule has 1 atom stereocenters. The molecule has 0 bridgehead atoms. The second-order valence-corrected chi connectivity index (χ2v) is 3.57. The van der Waals surface area contributed by atoms with Crippen LogP contribution < -0.4 is 10.5 Å². The number of rotatable bonds is 5. The Bertz CT molecular complexity index is 489. The third-order valence-corrected chi connectivity index (χ3v) is 2.50. The number of nitrogens with zero attached hydrogens (tertiary/aromatic N) is 1. The summed E-state index contributed by atoms with van der Waals surface area (Å²) in [5.41, 5.74) is 6.18. The van der Waals surface area contributed by atoms with E-state index < -0.39 is 12.5 Å². The van der Waals surface area contributed by atoms with E-state index in [4.69, 9.17) is 10.2 Å². The van der Waals surface area contributed by atoms with Gasteiger partial charge in [0.1, 0.15) is 12.0 Å². The fraction of sp³-hybridized carbons (Fsp3) is 0.250. The summed E-state index contributed by atoms with van der Waals surface area (Å²) in [6.07, 6.45) is 2.89. The molecule has 1 aromatic carbocycles. The van der Waals surface area contributed by atoms with Crippen molar-refractivity contribution in [3.8, 4) is 5.75 Å². The van der Waals surface area contributed by atoms with Crippen LogP contribution in [0.25, 0.3) is 0 Å². The standard InChI is InChI=1S/C12H12F2N2O2/c13-12(14)18-10-4-2-1-3-8(10)9(7-15)11-16-5-6-17-11/h1-6,9,12H,7,15H2. The van der Waals surface area contributed by atoms with Crippen molar-refractivity contribution in [2.24, 2.45) is 5.73 Å². The molecule has 4 nitrogen and oxygen atoms in total. The van der Waals surface area contributed by atoms with Gasteiger partial charge in [0.2, 0.25) is 5.89 Å². The number of alkyl halides is 2. The predicted molar refractivity (Wildman–Crippen MR) is 60.5 cm³/mol. The van der Waals surface area contributed by atoms with E-state index in [0.717, 1.165) is 0 Å². The minimum atomic E-state index is -2.88. The van der Waals surface area contributed by atoms with Gasteiger partial charge in [0.25, 0.3) is 0 Å². The van der Waals surface area contributed by atoms with Crippen molar-refractivity contribution < 1.29 is 17.9 Å². The summed E-state index contributed by atoms with van der Waals surface area (Å²) in [5, 5.41) is 0. The van der Waals surface area contributed by atoms with Gasteiger partial charge in [-0.1, -0.05) is 18.2 Å². The van der Waals surface area contributed by atoms with E-state index in [9.17, 15) is 8.78 Å². The van der Waals surface area contributed by atoms with Crippen LogP contribution in [0.1, 0.15) is 17.4 Å². The van der Waals surface area contributed by atoms with Crippen molar-refractivity contribution in [3.63, 3.8) is 0 Å². The Balaban J connectivity index is 2.36. The Morgan fingerprint density at radius 3 is 2.72 bits per heavy atom. The second-order valence-electron chi connectivity index (χ2n) is 3.57. The van der Waals surface area contributed by atoms with Crippen LogP contribution in [0.4, 0.5) is 8.78 Å². The summed E-state index contributed by atoms with van der Waals surface area (Å²) in [6.45, 7) is -2.70. The first kappa shape index (κ1) is 12.5. The van der Waals surface area contributed by atoms with Crippen molar-refractivity contribution in [2.45, 2.75) is 12.5 Å². The Morgan fingerprint density at radius 1 is 1.33 bits per heavy atom. The molecule has 0 radical (unpaired) electrons. The number of para-hydroxylation sites is 1. The first-order chi connectivity index (χ1) is 8.72. The molecule has 0 aliphatic carbocycles. The van der Waals surface area contributed by atoms with Crippen molar-refractivity contribution in [1.29, 1.82) is 0 Å². The zero-order chi connectivity index (χ0) is 13.0. The quantitative estimate of drug-likeness (QED) is 0.889. The van der Waals surface area contributed by atoms with E-state index in [1.165, 1.54) is 18.5 Å². The van der Waals surface area contributed by atoms with Crippen LogP contribution in [0.3, 0.4) is 0 Å². The summed E-state index contributed by atoms with van der Waals surface area (Å²) in [7, 11) is 0. The largest absolute Gasteiger partial charge is 0.448 e. The second kappa shape index (κ2) is 5.59. The monoisotopic (exact) mass is 254 g/mol. The van der Waals surface area contributed by atoms with Crippen molar-refractivity contribution in [3.05, 3.63) is 48.2 Å². The molecule has 1 heterocycles. The molecular weight excluding hydrogens is 242 g/mol. The van der Waals surface area contributed by atoms with Gasteiger partial charge in [-0.05, 0) is 6.07 Å². The average molecular weight is 254 g/mol. The van der Waals surface area contributed by atoms with Crippen LogP contribution in [0.2, 0.25) is 0 Å². The average Bonchev–Trinajstić information content (AvgIpc) is 2.85. The van der Waals surface area contributed by atoms with E-state index in [2.05, 4.69) is 9.72 Å². The van der Waals surface area contributed by atoms with E-state index >= 15 is 0 Å². The van der Waals surface area contributed by atoms with E-state index in [1.54, 1.807) is 18.2 Å². The molecule has 0 aliphatic rings. The zero-order valence-electron chi connectivity index (χ0n) is 9.42. The zero-order valence-corrected chi connectivity index (χ0v) is 9.42. The van der Waals surface area contributed by atoms with Gasteiger partial charge >= 0.3 is 6.61 Å². The summed E-state index contributed by atoms with van der Waals surface area (Å²) in [6, 6.07) is 6.47. The molecule has 0 amide bonds. The van der Waals surface area contributed by atoms with Crippen LogP contribution in [-0.2, 0) is 0 Å². The molecular formula is C12H12F2N2O2. The SMILES string of the molecule is NCC(c1ncco1)c1ccccc1OC(F)F. The fourth-order valence-electron chi connectivity index (χ4n) is 1.74. The number of ether oxygens (including phenoxy) is 1. The number of benzene rings is 1. The number of aromatic nitrogens is 1. The molecule has 1 unspecified atom stereocenters. The van der Waals surface area contributed by atoms with Gasteiger partial charge in [-0.15, -0.1) is 0 Å². The van der Waals surface area contributed by atoms with E-state index in [1.807, 2.05) is 0 Å². The topological polar surface area (TPSA) is 61.3 Å². The molecule has 0 spiro atoms. The molecule has 2 N–H and O–H groups in total. The fourth-order valence-corrected chi connectivity index (χ4v) is 1.74. The maximum absolute atomic E-state index is 12.3. The number of nitrogens with two attached hydrogens (primary N) is 1. The maximum Gasteiger partial charge on any atom is 0.387 e. The Kier molecular flexibility index (Phi) is 3.88. The molecule has 96 valence electrons. The predicted octanol–water partition coefficient (Wildman–Crippen LogP) is 2.37. The van der Waals surface area contributed by atoms with Crippen molar-refractivity contribution in [1.82, 2.24) is 4.98 Å². The van der Waals surface area contributed by atoms with Gasteiger partial charge in [-0.2, -0.15) is 8.78 Å². The number of halogens is 2. The van der Waals surface area contributed by atoms with Gasteiger partial charge in [0.05, 0.1) is 12.1 Å². The van der Waals surface area contributed by atoms with Crippen LogP contribution in [-0.4, -0.2) is 18.1 Å². The molecule has 2 rings (SSSR count). The third-order valence-electron chi connectivity index (χ3n) is 2.50. The highest BCUT2D eigenvalue weighted by Crippen LogP contribution is 2.31. The van der Waals surface area contributed by atoms with Gasteiger partial charge in [0.15, 0.2) is 0 Å². The number of hydrogen-bond acceptors (Lipinski definition) is 4. The lowest BCUT2D eigenvalue weighted by molar-refractivity contribution is -0.0505. The highest BCUT2D eigenvalue weighted by molar-refractivity contribution is 5.39. The lowest BCUT2D eigenvalue weighted by Gasteiger charge is -2.16. The normalized spacial score (nSPS) is 12.7. The van der Waals surface area contributed by atoms with E-state index in [0.29, 0.717) is 11.5 Å². The molecule has 0 fully saturated rings. The maximum atomic E-state index is 12.3. The summed E-state index contributed by atoms with van der Waals surface area (Å²) in [4.78, 5) is 3.99. The smallest absolute Gasteiger partial charge is 0.387 e. The van der Waals surface area contributed by atoms with Crippen LogP contribution in [0.5, 0.6) is 5.75 Å². The summed E-state index contributed by atoms with van der Waals surface area (Å²) in [5.74, 6) is 0.0546. The van der Waals surface area contributed by atoms with Gasteiger partial charge in [0, 0.05) is 12.1 Å². The minimum Gasteiger partial charge on any atom is -0.448 e. The molecule has 2 aromatic rings. The number of oxazole rings is 1. The van der Waals surface area contributed by atoms with Crippen LogP contribution in [0.15, 0.2) is 41.1 Å². The first-order valence-corrected chi connectivity index (χ1v) is 5.35. The molecule has 0 saturated heterocycles. The number of hydrogen-bond donors (Lipinski definition) is 1. The Hall–Kier alpha value is -1.95. The highest BCUT2D eigenvalue weighted by Gasteiger charge is 2.21. The van der Waals surface area contributed by atoms with Crippen LogP contribution >= 0.6 is 0 Å². The lowest BCUT2D eigenvalue weighted by Crippen LogP contribution is -2.16. The van der Waals surface area contributed by atoms with E-state index in [-0.39, 0.29) is 12.3 Å². The minimum absolute atomic E-state index is 0.0844. The first-order valence-electron chi connectivity index (χ1n) is 5.35. The molecule has 1 aromatic heterocycles. The van der Waals surface area contributed by atoms with Crippen LogP contribution in [0, 0.1) is 0 Å². The highest BCUT2D eigenvalue weighted by atomic mass is 19.3. The third kappa shape index (κ3) is 2.65. The van der Waals surface area contributed by atoms with Gasteiger partial charge < -0.3 is 14.9 Å². The molecule has 6 heteroatoms. The van der Waals surface area contributed by atoms with Crippen molar-refractivity contribution in [2.75, 3.05) is 6.54 Å². The Morgan fingerprint density at radius 2 is 2.11 bits per heavy atom. The molecule has 0 saturated carbocycles. The Labute approximate surface area is 102 Å². The molecule has 18 heavy (non-hydrogen) atoms.